The van der Waals surface area contributed by atoms with Crippen LogP contribution in [0.25, 0.3) is 10.4 Å². The van der Waals surface area contributed by atoms with Crippen LogP contribution in [-0.2, 0) is 29.0 Å². The Balaban J connectivity index is 1.57. The Bertz CT molecular complexity index is 1210. The van der Waals surface area contributed by atoms with Gasteiger partial charge in [0, 0.05) is 28.4 Å². The maximum absolute atomic E-state index is 13.1. The van der Waals surface area contributed by atoms with Gasteiger partial charge in [-0.2, -0.15) is 0 Å². The highest BCUT2D eigenvalue weighted by Crippen LogP contribution is 2.47. The zero-order valence-corrected chi connectivity index (χ0v) is 20.2. The average Bonchev–Trinajstić information content (AvgIpc) is 3.45. The van der Waals surface area contributed by atoms with Gasteiger partial charge in [0.25, 0.3) is 0 Å². The number of hydroxylamine groups is 1. The van der Waals surface area contributed by atoms with E-state index in [0.29, 0.717) is 42.8 Å². The third-order valence-electron chi connectivity index (χ3n) is 6.40. The lowest BCUT2D eigenvalue weighted by Gasteiger charge is -2.35. The number of carbonyl (C=O) groups excluding carboxylic acids is 3. The van der Waals surface area contributed by atoms with Crippen molar-refractivity contribution in [1.29, 1.82) is 0 Å². The number of amides is 3. The molecule has 182 valence electrons. The monoisotopic (exact) mass is 505 g/mol. The number of nitrogens with one attached hydrogen (secondary N) is 2. The molecule has 0 spiro atoms. The fourth-order valence-corrected chi connectivity index (χ4v) is 8.42. The number of hydrogen-bond acceptors (Lipinski definition) is 7. The van der Waals surface area contributed by atoms with Crippen molar-refractivity contribution in [2.45, 2.75) is 43.3 Å². The van der Waals surface area contributed by atoms with Gasteiger partial charge in [-0.3, -0.25) is 19.6 Å². The minimum Gasteiger partial charge on any atom is -0.333 e. The number of hydrogen-bond donors (Lipinski definition) is 3. The Hall–Kier alpha value is -2.76. The van der Waals surface area contributed by atoms with Gasteiger partial charge in [0.05, 0.1) is 18.7 Å². The summed E-state index contributed by atoms with van der Waals surface area (Å²) in [6.45, 7) is 0.600. The van der Waals surface area contributed by atoms with E-state index >= 15 is 0 Å². The molecule has 4 rings (SSSR count). The van der Waals surface area contributed by atoms with Crippen molar-refractivity contribution in [2.24, 2.45) is 0 Å². The molecule has 2 aliphatic heterocycles. The molecule has 2 saturated heterocycles. The highest BCUT2D eigenvalue weighted by Gasteiger charge is 2.49. The predicted molar refractivity (Wildman–Crippen MR) is 128 cm³/mol. The molecule has 1 atom stereocenters. The molecule has 0 unspecified atom stereocenters. The van der Waals surface area contributed by atoms with Crippen LogP contribution in [0.1, 0.15) is 43.4 Å². The van der Waals surface area contributed by atoms with Crippen molar-refractivity contribution in [1.82, 2.24) is 10.4 Å². The van der Waals surface area contributed by atoms with Gasteiger partial charge >= 0.3 is 0 Å². The minimum absolute atomic E-state index is 0.0000206. The third-order valence-corrected chi connectivity index (χ3v) is 10.5. The SMILES string of the molecule is O=C(C[C@]1(c2ccc(-c3cccc(NC(=O)CN4CCCC4=O)c3)s2)CCCCS1(=O)=O)NO. The second-order valence-electron chi connectivity index (χ2n) is 8.69. The third kappa shape index (κ3) is 4.86. The van der Waals surface area contributed by atoms with E-state index in [9.17, 15) is 22.8 Å². The van der Waals surface area contributed by atoms with Crippen LogP contribution in [0.5, 0.6) is 0 Å². The van der Waals surface area contributed by atoms with E-state index in [-0.39, 0.29) is 30.5 Å². The normalized spacial score (nSPS) is 21.9. The van der Waals surface area contributed by atoms with Crippen molar-refractivity contribution < 1.29 is 28.0 Å². The lowest BCUT2D eigenvalue weighted by molar-refractivity contribution is -0.131. The molecule has 3 amide bonds. The van der Waals surface area contributed by atoms with Crippen molar-refractivity contribution in [2.75, 3.05) is 24.2 Å². The highest BCUT2D eigenvalue weighted by atomic mass is 32.2. The Morgan fingerprint density at radius 1 is 1.12 bits per heavy atom. The van der Waals surface area contributed by atoms with Gasteiger partial charge in [-0.1, -0.05) is 18.6 Å². The molecular weight excluding hydrogens is 478 g/mol. The lowest BCUT2D eigenvalue weighted by Crippen LogP contribution is -2.43. The standard InChI is InChI=1S/C23H27N3O6S2/c27-20(25-30)14-23(10-1-2-12-34(23,31)32)19-9-8-18(33-19)16-5-3-6-17(13-16)24-21(28)15-26-11-4-7-22(26)29/h3,5-6,8-9,13,30H,1-2,4,7,10-12,14-15H2,(H,24,28)(H,25,27)/t23-/m0/s1. The number of likely N-dealkylation sites (tertiary alicyclic amines) is 1. The average molecular weight is 506 g/mol. The van der Waals surface area contributed by atoms with Crippen LogP contribution in [0.3, 0.4) is 0 Å². The molecule has 3 heterocycles. The molecule has 9 nitrogen and oxygen atoms in total. The quantitative estimate of drug-likeness (QED) is 0.391. The van der Waals surface area contributed by atoms with Crippen LogP contribution in [0.15, 0.2) is 36.4 Å². The molecule has 0 radical (unpaired) electrons. The van der Waals surface area contributed by atoms with Gasteiger partial charge in [0.15, 0.2) is 9.84 Å². The summed E-state index contributed by atoms with van der Waals surface area (Å²) >= 11 is 1.29. The first kappa shape index (κ1) is 24.4. The second kappa shape index (κ2) is 9.85. The first-order chi connectivity index (χ1) is 16.2. The number of carbonyl (C=O) groups is 3. The summed E-state index contributed by atoms with van der Waals surface area (Å²) in [6.07, 6.45) is 2.44. The number of benzene rings is 1. The molecular formula is C23H27N3O6S2. The Morgan fingerprint density at radius 3 is 2.65 bits per heavy atom. The summed E-state index contributed by atoms with van der Waals surface area (Å²) in [4.78, 5) is 39.1. The molecule has 34 heavy (non-hydrogen) atoms. The van der Waals surface area contributed by atoms with Crippen molar-refractivity contribution >= 4 is 44.6 Å². The van der Waals surface area contributed by atoms with E-state index in [2.05, 4.69) is 5.32 Å². The molecule has 1 aromatic carbocycles. The van der Waals surface area contributed by atoms with E-state index in [1.54, 1.807) is 29.7 Å². The van der Waals surface area contributed by atoms with Crippen LogP contribution >= 0.6 is 11.3 Å². The summed E-state index contributed by atoms with van der Waals surface area (Å²) in [5.41, 5.74) is 2.94. The van der Waals surface area contributed by atoms with E-state index in [4.69, 9.17) is 5.21 Å². The fourth-order valence-electron chi connectivity index (χ4n) is 4.65. The van der Waals surface area contributed by atoms with E-state index < -0.39 is 20.5 Å². The van der Waals surface area contributed by atoms with Crippen LogP contribution in [0.4, 0.5) is 5.69 Å². The number of sulfone groups is 1. The van der Waals surface area contributed by atoms with Crippen molar-refractivity contribution in [3.8, 4) is 10.4 Å². The maximum atomic E-state index is 13.1. The molecule has 3 N–H and O–H groups in total. The Labute approximate surface area is 202 Å². The molecule has 2 aliphatic rings. The molecule has 11 heteroatoms. The van der Waals surface area contributed by atoms with Crippen molar-refractivity contribution in [3.63, 3.8) is 0 Å². The molecule has 0 bridgehead atoms. The number of anilines is 1. The van der Waals surface area contributed by atoms with E-state index in [1.165, 1.54) is 16.2 Å². The molecule has 1 aromatic heterocycles. The van der Waals surface area contributed by atoms with Crippen molar-refractivity contribution in [3.05, 3.63) is 41.3 Å². The van der Waals surface area contributed by atoms with Gasteiger partial charge in [-0.05, 0) is 49.1 Å². The van der Waals surface area contributed by atoms with Gasteiger partial charge in [0.1, 0.15) is 4.75 Å². The largest absolute Gasteiger partial charge is 0.333 e. The maximum Gasteiger partial charge on any atom is 0.245 e. The van der Waals surface area contributed by atoms with Gasteiger partial charge in [0.2, 0.25) is 17.7 Å². The molecule has 0 aliphatic carbocycles. The zero-order chi connectivity index (χ0) is 24.3. The summed E-state index contributed by atoms with van der Waals surface area (Å²) in [6, 6.07) is 10.7. The smallest absolute Gasteiger partial charge is 0.245 e. The van der Waals surface area contributed by atoms with Gasteiger partial charge in [-0.25, -0.2) is 13.9 Å². The van der Waals surface area contributed by atoms with Gasteiger partial charge in [-0.15, -0.1) is 11.3 Å². The summed E-state index contributed by atoms with van der Waals surface area (Å²) in [5.74, 6) is -1.03. The number of thiophene rings is 1. The summed E-state index contributed by atoms with van der Waals surface area (Å²) < 4.78 is 24.9. The summed E-state index contributed by atoms with van der Waals surface area (Å²) in [5, 5.41) is 11.9. The molecule has 2 aromatic rings. The zero-order valence-electron chi connectivity index (χ0n) is 18.6. The summed E-state index contributed by atoms with van der Waals surface area (Å²) in [7, 11) is -3.60. The van der Waals surface area contributed by atoms with Gasteiger partial charge < -0.3 is 10.2 Å². The molecule has 0 saturated carbocycles. The predicted octanol–water partition coefficient (Wildman–Crippen LogP) is 2.67. The first-order valence-corrected chi connectivity index (χ1v) is 13.6. The van der Waals surface area contributed by atoms with E-state index in [0.717, 1.165) is 16.9 Å². The Morgan fingerprint density at radius 2 is 1.94 bits per heavy atom. The lowest BCUT2D eigenvalue weighted by atomic mass is 9.94. The first-order valence-electron chi connectivity index (χ1n) is 11.2. The molecule has 2 fully saturated rings. The number of rotatable bonds is 7. The van der Waals surface area contributed by atoms with Crippen LogP contribution in [-0.4, -0.2) is 55.1 Å². The topological polar surface area (TPSA) is 133 Å². The van der Waals surface area contributed by atoms with Crippen LogP contribution in [0.2, 0.25) is 0 Å². The highest BCUT2D eigenvalue weighted by molar-refractivity contribution is 7.92. The fraction of sp³-hybridized carbons (Fsp3) is 0.435. The van der Waals surface area contributed by atoms with E-state index in [1.807, 2.05) is 12.1 Å². The Kier molecular flexibility index (Phi) is 7.06. The number of nitrogens with zero attached hydrogens (tertiary/aromatic N) is 1. The van der Waals surface area contributed by atoms with Crippen LogP contribution < -0.4 is 10.8 Å². The second-order valence-corrected chi connectivity index (χ2v) is 12.2. The van der Waals surface area contributed by atoms with Crippen LogP contribution in [0, 0.1) is 0 Å². The minimum atomic E-state index is -3.60.